The highest BCUT2D eigenvalue weighted by molar-refractivity contribution is 5.94. The van der Waals surface area contributed by atoms with E-state index in [9.17, 15) is 14.4 Å². The van der Waals surface area contributed by atoms with Crippen molar-refractivity contribution in [2.75, 3.05) is 19.6 Å². The third-order valence-electron chi connectivity index (χ3n) is 4.36. The summed E-state index contributed by atoms with van der Waals surface area (Å²) in [6.45, 7) is 5.00. The number of amides is 2. The van der Waals surface area contributed by atoms with Crippen molar-refractivity contribution in [2.45, 2.75) is 33.1 Å². The highest BCUT2D eigenvalue weighted by atomic mass is 16.2. The molecule has 1 aliphatic heterocycles. The van der Waals surface area contributed by atoms with Crippen LogP contribution in [0.4, 0.5) is 0 Å². The summed E-state index contributed by atoms with van der Waals surface area (Å²) in [5, 5.41) is 2.97. The topological polar surface area (TPSA) is 66.5 Å². The van der Waals surface area contributed by atoms with E-state index in [1.165, 1.54) is 0 Å². The summed E-state index contributed by atoms with van der Waals surface area (Å²) in [5.41, 5.74) is 1.75. The van der Waals surface area contributed by atoms with E-state index < -0.39 is 0 Å². The molecule has 0 atom stereocenters. The van der Waals surface area contributed by atoms with Crippen molar-refractivity contribution in [3.05, 3.63) is 35.4 Å². The summed E-state index contributed by atoms with van der Waals surface area (Å²) < 4.78 is 0. The molecule has 1 N–H and O–H groups in total. The molecule has 1 heterocycles. The summed E-state index contributed by atoms with van der Waals surface area (Å²) in [6, 6.07) is 7.50. The normalized spacial score (nSPS) is 15.3. The Bertz CT molecular complexity index is 590. The molecule has 2 amide bonds. The quantitative estimate of drug-likeness (QED) is 0.843. The number of nitrogens with zero attached hydrogens (tertiary/aromatic N) is 1. The lowest BCUT2D eigenvalue weighted by molar-refractivity contribution is -0.133. The zero-order valence-corrected chi connectivity index (χ0v) is 13.8. The first kappa shape index (κ1) is 17.2. The zero-order chi connectivity index (χ0) is 16.8. The predicted molar refractivity (Wildman–Crippen MR) is 88.1 cm³/mol. The molecule has 0 spiro atoms. The molecule has 0 aliphatic carbocycles. The van der Waals surface area contributed by atoms with E-state index in [0.29, 0.717) is 31.6 Å². The van der Waals surface area contributed by atoms with Gasteiger partial charge in [-0.1, -0.05) is 18.2 Å². The SMILES string of the molecule is CC(=O)c1cccc(CCNC(=O)C2CCN(C(C)=O)CC2)c1. The molecular formula is C18H24N2O3. The number of benzene rings is 1. The first-order valence-electron chi connectivity index (χ1n) is 8.10. The van der Waals surface area contributed by atoms with E-state index in [-0.39, 0.29) is 23.5 Å². The molecule has 0 aromatic heterocycles. The number of piperidine rings is 1. The predicted octanol–water partition coefficient (Wildman–Crippen LogP) is 1.81. The maximum Gasteiger partial charge on any atom is 0.223 e. The van der Waals surface area contributed by atoms with Crippen LogP contribution in [-0.2, 0) is 16.0 Å². The third-order valence-corrected chi connectivity index (χ3v) is 4.36. The van der Waals surface area contributed by atoms with Crippen molar-refractivity contribution in [2.24, 2.45) is 5.92 Å². The van der Waals surface area contributed by atoms with Gasteiger partial charge in [0.2, 0.25) is 11.8 Å². The van der Waals surface area contributed by atoms with Gasteiger partial charge in [0.25, 0.3) is 0 Å². The van der Waals surface area contributed by atoms with E-state index in [1.54, 1.807) is 24.8 Å². The van der Waals surface area contributed by atoms with Crippen molar-refractivity contribution in [3.8, 4) is 0 Å². The van der Waals surface area contributed by atoms with Gasteiger partial charge >= 0.3 is 0 Å². The van der Waals surface area contributed by atoms with Gasteiger partial charge in [-0.3, -0.25) is 14.4 Å². The molecule has 0 unspecified atom stereocenters. The number of carbonyl (C=O) groups is 3. The summed E-state index contributed by atoms with van der Waals surface area (Å²) in [6.07, 6.45) is 2.16. The fourth-order valence-electron chi connectivity index (χ4n) is 2.88. The second-order valence-electron chi connectivity index (χ2n) is 6.08. The van der Waals surface area contributed by atoms with Gasteiger partial charge in [-0.2, -0.15) is 0 Å². The van der Waals surface area contributed by atoms with Gasteiger partial charge in [-0.05, 0) is 37.8 Å². The van der Waals surface area contributed by atoms with E-state index in [2.05, 4.69) is 5.32 Å². The molecule has 5 heteroatoms. The lowest BCUT2D eigenvalue weighted by Gasteiger charge is -2.30. The number of rotatable bonds is 5. The van der Waals surface area contributed by atoms with Crippen LogP contribution in [-0.4, -0.2) is 42.1 Å². The molecular weight excluding hydrogens is 292 g/mol. The number of likely N-dealkylation sites (tertiary alicyclic amines) is 1. The first-order chi connectivity index (χ1) is 11.0. The molecule has 1 saturated heterocycles. The van der Waals surface area contributed by atoms with E-state index in [1.807, 2.05) is 18.2 Å². The van der Waals surface area contributed by atoms with Crippen LogP contribution >= 0.6 is 0 Å². The standard InChI is InChI=1S/C18H24N2O3/c1-13(21)17-5-3-4-15(12-17)6-9-19-18(23)16-7-10-20(11-8-16)14(2)22/h3-5,12,16H,6-11H2,1-2H3,(H,19,23). The summed E-state index contributed by atoms with van der Waals surface area (Å²) in [7, 11) is 0. The highest BCUT2D eigenvalue weighted by Gasteiger charge is 2.25. The van der Waals surface area contributed by atoms with Crippen LogP contribution in [0.25, 0.3) is 0 Å². The lowest BCUT2D eigenvalue weighted by Crippen LogP contribution is -2.42. The second kappa shape index (κ2) is 7.90. The molecule has 0 bridgehead atoms. The molecule has 1 aromatic carbocycles. The van der Waals surface area contributed by atoms with E-state index in [4.69, 9.17) is 0 Å². The van der Waals surface area contributed by atoms with E-state index >= 15 is 0 Å². The van der Waals surface area contributed by atoms with Gasteiger partial charge in [0.05, 0.1) is 0 Å². The molecule has 23 heavy (non-hydrogen) atoms. The first-order valence-corrected chi connectivity index (χ1v) is 8.10. The number of nitrogens with one attached hydrogen (secondary N) is 1. The minimum absolute atomic E-state index is 0.00541. The van der Waals surface area contributed by atoms with Crippen LogP contribution in [0.5, 0.6) is 0 Å². The smallest absolute Gasteiger partial charge is 0.223 e. The Hall–Kier alpha value is -2.17. The number of carbonyl (C=O) groups excluding carboxylic acids is 3. The van der Waals surface area contributed by atoms with Crippen molar-refractivity contribution >= 4 is 17.6 Å². The summed E-state index contributed by atoms with van der Waals surface area (Å²) in [4.78, 5) is 36.6. The maximum absolute atomic E-state index is 12.2. The average Bonchev–Trinajstić information content (AvgIpc) is 2.55. The molecule has 0 saturated carbocycles. The largest absolute Gasteiger partial charge is 0.356 e. The van der Waals surface area contributed by atoms with Crippen LogP contribution in [0, 0.1) is 5.92 Å². The van der Waals surface area contributed by atoms with Gasteiger partial charge in [0.15, 0.2) is 5.78 Å². The van der Waals surface area contributed by atoms with Crippen molar-refractivity contribution in [3.63, 3.8) is 0 Å². The molecule has 1 fully saturated rings. The number of hydrogen-bond donors (Lipinski definition) is 1. The van der Waals surface area contributed by atoms with Gasteiger partial charge in [-0.15, -0.1) is 0 Å². The van der Waals surface area contributed by atoms with Gasteiger partial charge in [0, 0.05) is 38.0 Å². The molecule has 0 radical (unpaired) electrons. The van der Waals surface area contributed by atoms with E-state index in [0.717, 1.165) is 18.4 Å². The van der Waals surface area contributed by atoms with Gasteiger partial charge in [-0.25, -0.2) is 0 Å². The average molecular weight is 316 g/mol. The fraction of sp³-hybridized carbons (Fsp3) is 0.500. The van der Waals surface area contributed by atoms with Crippen LogP contribution in [0.15, 0.2) is 24.3 Å². The van der Waals surface area contributed by atoms with Crippen molar-refractivity contribution < 1.29 is 14.4 Å². The van der Waals surface area contributed by atoms with Crippen molar-refractivity contribution in [1.82, 2.24) is 10.2 Å². The Morgan fingerprint density at radius 3 is 2.48 bits per heavy atom. The Morgan fingerprint density at radius 1 is 1.17 bits per heavy atom. The summed E-state index contributed by atoms with van der Waals surface area (Å²) >= 11 is 0. The summed E-state index contributed by atoms with van der Waals surface area (Å²) in [5.74, 6) is 0.187. The third kappa shape index (κ3) is 4.91. The van der Waals surface area contributed by atoms with Crippen LogP contribution in [0.3, 0.4) is 0 Å². The minimum Gasteiger partial charge on any atom is -0.356 e. The van der Waals surface area contributed by atoms with Gasteiger partial charge in [0.1, 0.15) is 0 Å². The van der Waals surface area contributed by atoms with Gasteiger partial charge < -0.3 is 10.2 Å². The Labute approximate surface area is 137 Å². The number of ketones is 1. The van der Waals surface area contributed by atoms with Crippen LogP contribution in [0.2, 0.25) is 0 Å². The molecule has 2 rings (SSSR count). The highest BCUT2D eigenvalue weighted by Crippen LogP contribution is 2.17. The van der Waals surface area contributed by atoms with Crippen LogP contribution in [0.1, 0.15) is 42.6 Å². The fourth-order valence-corrected chi connectivity index (χ4v) is 2.88. The minimum atomic E-state index is -0.00541. The Kier molecular flexibility index (Phi) is 5.90. The molecule has 124 valence electrons. The molecule has 1 aromatic rings. The zero-order valence-electron chi connectivity index (χ0n) is 13.8. The Balaban J connectivity index is 1.76. The number of Topliss-reactive ketones (excluding diaryl/α,β-unsaturated/α-hetero) is 1. The van der Waals surface area contributed by atoms with Crippen LogP contribution < -0.4 is 5.32 Å². The Morgan fingerprint density at radius 2 is 1.87 bits per heavy atom. The second-order valence-corrected chi connectivity index (χ2v) is 6.08. The number of hydrogen-bond acceptors (Lipinski definition) is 3. The maximum atomic E-state index is 12.2. The monoisotopic (exact) mass is 316 g/mol. The van der Waals surface area contributed by atoms with Crippen molar-refractivity contribution in [1.29, 1.82) is 0 Å². The lowest BCUT2D eigenvalue weighted by atomic mass is 9.96. The molecule has 5 nitrogen and oxygen atoms in total. The molecule has 1 aliphatic rings.